The summed E-state index contributed by atoms with van der Waals surface area (Å²) < 4.78 is 5.09. The first kappa shape index (κ1) is 22.2. The lowest BCUT2D eigenvalue weighted by atomic mass is 10.1. The normalized spacial score (nSPS) is 12.9. The maximum absolute atomic E-state index is 12.4. The molecule has 0 aliphatic carbocycles. The predicted molar refractivity (Wildman–Crippen MR) is 117 cm³/mol. The minimum Gasteiger partial charge on any atom is -0.456 e. The number of likely N-dealkylation sites (N-methyl/N-ethyl adjacent to an activating group) is 1. The van der Waals surface area contributed by atoms with E-state index in [-0.39, 0.29) is 31.3 Å². The molecule has 1 heterocycles. The van der Waals surface area contributed by atoms with Crippen molar-refractivity contribution >= 4 is 23.5 Å². The molecule has 7 heteroatoms. The van der Waals surface area contributed by atoms with Gasteiger partial charge in [0, 0.05) is 25.9 Å². The number of nitrogens with zero attached hydrogens (tertiary/aromatic N) is 3. The third-order valence-electron chi connectivity index (χ3n) is 5.05. The van der Waals surface area contributed by atoms with E-state index in [0.29, 0.717) is 26.1 Å². The molecular formula is C24H27N3O4. The molecule has 1 aliphatic rings. The molecule has 0 spiro atoms. The van der Waals surface area contributed by atoms with Crippen LogP contribution in [0.15, 0.2) is 65.8 Å². The smallest absolute Gasteiger partial charge is 0.306 e. The van der Waals surface area contributed by atoms with Gasteiger partial charge in [0.05, 0.1) is 18.7 Å². The first-order valence-electron chi connectivity index (χ1n) is 10.5. The number of hydrogen-bond acceptors (Lipinski definition) is 5. The van der Waals surface area contributed by atoms with Gasteiger partial charge in [-0.1, -0.05) is 60.7 Å². The van der Waals surface area contributed by atoms with Crippen LogP contribution in [-0.2, 0) is 25.7 Å². The Hall–Kier alpha value is -3.48. The summed E-state index contributed by atoms with van der Waals surface area (Å²) in [5, 5.41) is 5.77. The molecule has 1 aliphatic heterocycles. The molecule has 0 radical (unpaired) electrons. The van der Waals surface area contributed by atoms with Crippen LogP contribution in [0.25, 0.3) is 0 Å². The van der Waals surface area contributed by atoms with Crippen molar-refractivity contribution in [2.75, 3.05) is 19.7 Å². The van der Waals surface area contributed by atoms with E-state index >= 15 is 0 Å². The topological polar surface area (TPSA) is 79.3 Å². The first-order valence-corrected chi connectivity index (χ1v) is 10.5. The van der Waals surface area contributed by atoms with Gasteiger partial charge >= 0.3 is 5.97 Å². The van der Waals surface area contributed by atoms with Crippen LogP contribution in [0.4, 0.5) is 0 Å². The fourth-order valence-corrected chi connectivity index (χ4v) is 3.29. The van der Waals surface area contributed by atoms with E-state index < -0.39 is 5.97 Å². The summed E-state index contributed by atoms with van der Waals surface area (Å²) in [6, 6.07) is 19.3. The first-order chi connectivity index (χ1) is 15.1. The largest absolute Gasteiger partial charge is 0.456 e. The summed E-state index contributed by atoms with van der Waals surface area (Å²) in [6.07, 6.45) is 0.604. The Morgan fingerprint density at radius 3 is 2.35 bits per heavy atom. The molecule has 0 saturated heterocycles. The summed E-state index contributed by atoms with van der Waals surface area (Å²) in [5.41, 5.74) is 2.86. The highest BCUT2D eigenvalue weighted by atomic mass is 16.5. The van der Waals surface area contributed by atoms with Crippen molar-refractivity contribution in [3.63, 3.8) is 0 Å². The van der Waals surface area contributed by atoms with Gasteiger partial charge in [0.15, 0.2) is 6.61 Å². The Kier molecular flexibility index (Phi) is 7.92. The van der Waals surface area contributed by atoms with Gasteiger partial charge in [-0.05, 0) is 18.1 Å². The second kappa shape index (κ2) is 11.1. The van der Waals surface area contributed by atoms with E-state index in [4.69, 9.17) is 4.74 Å². The standard InChI is InChI=1S/C24H27N3O4/c1-2-26(17-19-9-5-3-6-10-19)23(29)18-31-24(30)14-13-22(28)27-16-15-21(25-27)20-11-7-4-8-12-20/h3-12H,2,13-18H2,1H3. The van der Waals surface area contributed by atoms with Gasteiger partial charge in [-0.15, -0.1) is 0 Å². The zero-order chi connectivity index (χ0) is 22.1. The second-order valence-electron chi connectivity index (χ2n) is 7.23. The number of amides is 2. The number of carbonyl (C=O) groups excluding carboxylic acids is 3. The van der Waals surface area contributed by atoms with Crippen LogP contribution in [0.1, 0.15) is 37.3 Å². The molecule has 0 fully saturated rings. The fraction of sp³-hybridized carbons (Fsp3) is 0.333. The number of hydrazone groups is 1. The molecule has 162 valence electrons. The van der Waals surface area contributed by atoms with Crippen molar-refractivity contribution in [1.82, 2.24) is 9.91 Å². The molecule has 0 unspecified atom stereocenters. The molecule has 3 rings (SSSR count). The molecular weight excluding hydrogens is 394 g/mol. The van der Waals surface area contributed by atoms with Gasteiger partial charge in [-0.3, -0.25) is 14.4 Å². The van der Waals surface area contributed by atoms with E-state index in [0.717, 1.165) is 16.8 Å². The number of benzene rings is 2. The molecule has 0 aromatic heterocycles. The Bertz CT molecular complexity index is 928. The van der Waals surface area contributed by atoms with Gasteiger partial charge in [0.2, 0.25) is 5.91 Å². The van der Waals surface area contributed by atoms with Crippen molar-refractivity contribution in [1.29, 1.82) is 0 Å². The van der Waals surface area contributed by atoms with E-state index in [1.54, 1.807) is 4.90 Å². The summed E-state index contributed by atoms with van der Waals surface area (Å²) in [4.78, 5) is 38.4. The Morgan fingerprint density at radius 1 is 1.00 bits per heavy atom. The number of carbonyl (C=O) groups is 3. The Morgan fingerprint density at radius 2 is 1.68 bits per heavy atom. The molecule has 0 saturated carbocycles. The summed E-state index contributed by atoms with van der Waals surface area (Å²) in [7, 11) is 0. The second-order valence-corrected chi connectivity index (χ2v) is 7.23. The maximum Gasteiger partial charge on any atom is 0.306 e. The van der Waals surface area contributed by atoms with Crippen LogP contribution in [0.5, 0.6) is 0 Å². The van der Waals surface area contributed by atoms with Crippen LogP contribution in [0, 0.1) is 0 Å². The number of rotatable bonds is 9. The molecule has 2 aromatic rings. The molecule has 31 heavy (non-hydrogen) atoms. The third-order valence-corrected chi connectivity index (χ3v) is 5.05. The van der Waals surface area contributed by atoms with Crippen LogP contribution in [0.3, 0.4) is 0 Å². The number of esters is 1. The highest BCUT2D eigenvalue weighted by molar-refractivity contribution is 6.02. The monoisotopic (exact) mass is 421 g/mol. The minimum atomic E-state index is -0.566. The number of ether oxygens (including phenoxy) is 1. The molecule has 0 bridgehead atoms. The zero-order valence-electron chi connectivity index (χ0n) is 17.7. The van der Waals surface area contributed by atoms with Crippen LogP contribution in [0.2, 0.25) is 0 Å². The highest BCUT2D eigenvalue weighted by Crippen LogP contribution is 2.15. The molecule has 2 aromatic carbocycles. The SMILES string of the molecule is CCN(Cc1ccccc1)C(=O)COC(=O)CCC(=O)N1CCC(c2ccccc2)=N1. The van der Waals surface area contributed by atoms with E-state index in [1.807, 2.05) is 67.6 Å². The van der Waals surface area contributed by atoms with Crippen molar-refractivity contribution in [3.8, 4) is 0 Å². The van der Waals surface area contributed by atoms with Crippen molar-refractivity contribution in [2.24, 2.45) is 5.10 Å². The van der Waals surface area contributed by atoms with Crippen LogP contribution < -0.4 is 0 Å². The lowest BCUT2D eigenvalue weighted by Crippen LogP contribution is -2.34. The quantitative estimate of drug-likeness (QED) is 0.583. The van der Waals surface area contributed by atoms with Gasteiger partial charge in [-0.25, -0.2) is 5.01 Å². The van der Waals surface area contributed by atoms with E-state index in [2.05, 4.69) is 5.10 Å². The Labute approximate surface area is 182 Å². The van der Waals surface area contributed by atoms with Gasteiger partial charge in [-0.2, -0.15) is 5.10 Å². The fourth-order valence-electron chi connectivity index (χ4n) is 3.29. The minimum absolute atomic E-state index is 0.000100. The average molecular weight is 421 g/mol. The van der Waals surface area contributed by atoms with Crippen molar-refractivity contribution in [2.45, 2.75) is 32.7 Å². The number of hydrogen-bond donors (Lipinski definition) is 0. The summed E-state index contributed by atoms with van der Waals surface area (Å²) >= 11 is 0. The molecule has 0 N–H and O–H groups in total. The van der Waals surface area contributed by atoms with Gasteiger partial charge < -0.3 is 9.64 Å². The average Bonchev–Trinajstić information content (AvgIpc) is 3.31. The molecule has 2 amide bonds. The van der Waals surface area contributed by atoms with Crippen LogP contribution in [-0.4, -0.2) is 53.1 Å². The van der Waals surface area contributed by atoms with E-state index in [1.165, 1.54) is 5.01 Å². The van der Waals surface area contributed by atoms with Gasteiger partial charge in [0.25, 0.3) is 5.91 Å². The lowest BCUT2D eigenvalue weighted by molar-refractivity contribution is -0.153. The summed E-state index contributed by atoms with van der Waals surface area (Å²) in [6.45, 7) is 3.03. The molecule has 7 nitrogen and oxygen atoms in total. The zero-order valence-corrected chi connectivity index (χ0v) is 17.7. The van der Waals surface area contributed by atoms with Crippen LogP contribution >= 0.6 is 0 Å². The van der Waals surface area contributed by atoms with Crippen molar-refractivity contribution in [3.05, 3.63) is 71.8 Å². The maximum atomic E-state index is 12.4. The Balaban J connectivity index is 1.41. The molecule has 0 atom stereocenters. The lowest BCUT2D eigenvalue weighted by Gasteiger charge is -2.20. The van der Waals surface area contributed by atoms with E-state index in [9.17, 15) is 14.4 Å². The highest BCUT2D eigenvalue weighted by Gasteiger charge is 2.22. The third kappa shape index (κ3) is 6.50. The van der Waals surface area contributed by atoms with Crippen molar-refractivity contribution < 1.29 is 19.1 Å². The summed E-state index contributed by atoms with van der Waals surface area (Å²) in [5.74, 6) is -1.06. The van der Waals surface area contributed by atoms with Gasteiger partial charge in [0.1, 0.15) is 0 Å². The predicted octanol–water partition coefficient (Wildman–Crippen LogP) is 3.00.